The number of benzene rings is 2. The maximum atomic E-state index is 12.9. The van der Waals surface area contributed by atoms with Crippen LogP contribution >= 0.6 is 0 Å². The van der Waals surface area contributed by atoms with Gasteiger partial charge in [-0.05, 0) is 60.1 Å². The molecule has 5 nitrogen and oxygen atoms in total. The number of nitrogens with one attached hydrogen (secondary N) is 3. The van der Waals surface area contributed by atoms with Crippen molar-refractivity contribution in [2.75, 3.05) is 5.32 Å². The van der Waals surface area contributed by atoms with Gasteiger partial charge in [0.15, 0.2) is 0 Å². The molecule has 5 heteroatoms. The Bertz CT molecular complexity index is 951. The van der Waals surface area contributed by atoms with Gasteiger partial charge in [-0.25, -0.2) is 4.79 Å². The minimum absolute atomic E-state index is 0.0420. The number of carbonyl (C=O) groups excluding carboxylic acids is 2. The van der Waals surface area contributed by atoms with E-state index in [9.17, 15) is 9.59 Å². The maximum absolute atomic E-state index is 12.9. The van der Waals surface area contributed by atoms with Crippen LogP contribution in [0.2, 0.25) is 0 Å². The quantitative estimate of drug-likeness (QED) is 0.746. The molecular formula is C23H25N3O2. The van der Waals surface area contributed by atoms with E-state index in [-0.39, 0.29) is 23.9 Å². The number of urea groups is 1. The zero-order chi connectivity index (χ0) is 19.7. The van der Waals surface area contributed by atoms with Gasteiger partial charge in [0.05, 0.1) is 12.0 Å². The van der Waals surface area contributed by atoms with Crippen LogP contribution in [0.4, 0.5) is 10.5 Å². The fraction of sp³-hybridized carbons (Fsp3) is 0.304. The molecule has 1 aliphatic carbocycles. The second-order valence-electron chi connectivity index (χ2n) is 7.50. The average Bonchev–Trinajstić information content (AvgIpc) is 3.25. The predicted molar refractivity (Wildman–Crippen MR) is 110 cm³/mol. The molecule has 4 rings (SSSR count). The van der Waals surface area contributed by atoms with Crippen LogP contribution in [0.15, 0.2) is 54.7 Å². The van der Waals surface area contributed by atoms with E-state index in [1.807, 2.05) is 24.3 Å². The van der Waals surface area contributed by atoms with E-state index in [1.54, 1.807) is 0 Å². The monoisotopic (exact) mass is 375 g/mol. The largest absolute Gasteiger partial charge is 0.329 e. The highest BCUT2D eigenvalue weighted by Gasteiger charge is 2.29. The minimum Gasteiger partial charge on any atom is -0.329 e. The lowest BCUT2D eigenvalue weighted by Crippen LogP contribution is -2.28. The Kier molecular flexibility index (Phi) is 4.90. The second kappa shape index (κ2) is 7.50. The second-order valence-corrected chi connectivity index (χ2v) is 7.50. The van der Waals surface area contributed by atoms with Gasteiger partial charge >= 0.3 is 6.03 Å². The summed E-state index contributed by atoms with van der Waals surface area (Å²) in [5.41, 5.74) is 6.21. The third kappa shape index (κ3) is 3.52. The van der Waals surface area contributed by atoms with Crippen LogP contribution in [0.1, 0.15) is 41.5 Å². The molecule has 28 heavy (non-hydrogen) atoms. The Morgan fingerprint density at radius 3 is 2.79 bits per heavy atom. The highest BCUT2D eigenvalue weighted by atomic mass is 16.2. The Balaban J connectivity index is 1.52. The average molecular weight is 375 g/mol. The van der Waals surface area contributed by atoms with Crippen molar-refractivity contribution in [3.8, 4) is 0 Å². The van der Waals surface area contributed by atoms with Crippen molar-refractivity contribution in [3.05, 3.63) is 77.0 Å². The summed E-state index contributed by atoms with van der Waals surface area (Å²) < 4.78 is 0. The number of hydrogen-bond donors (Lipinski definition) is 3. The van der Waals surface area contributed by atoms with Crippen LogP contribution in [-0.2, 0) is 24.1 Å². The first-order valence-electron chi connectivity index (χ1n) is 9.82. The number of fused-ring (bicyclic) bond motifs is 1. The number of rotatable bonds is 5. The van der Waals surface area contributed by atoms with E-state index in [4.69, 9.17) is 0 Å². The summed E-state index contributed by atoms with van der Waals surface area (Å²) >= 11 is 0. The molecule has 1 fully saturated rings. The van der Waals surface area contributed by atoms with Crippen molar-refractivity contribution in [2.45, 2.75) is 44.6 Å². The van der Waals surface area contributed by atoms with Crippen LogP contribution in [0.5, 0.6) is 0 Å². The van der Waals surface area contributed by atoms with Gasteiger partial charge in [0.1, 0.15) is 0 Å². The third-order valence-electron chi connectivity index (χ3n) is 5.73. The highest BCUT2D eigenvalue weighted by Crippen LogP contribution is 2.34. The van der Waals surface area contributed by atoms with Gasteiger partial charge in [-0.3, -0.25) is 4.79 Å². The molecule has 2 unspecified atom stereocenters. The van der Waals surface area contributed by atoms with E-state index >= 15 is 0 Å². The molecule has 0 saturated carbocycles. The Morgan fingerprint density at radius 2 is 2.04 bits per heavy atom. The van der Waals surface area contributed by atoms with Crippen molar-refractivity contribution in [3.63, 3.8) is 0 Å². The Labute approximate surface area is 165 Å². The van der Waals surface area contributed by atoms with Crippen molar-refractivity contribution in [1.82, 2.24) is 10.6 Å². The van der Waals surface area contributed by atoms with Crippen molar-refractivity contribution >= 4 is 17.6 Å². The van der Waals surface area contributed by atoms with Crippen molar-refractivity contribution in [2.24, 2.45) is 0 Å². The molecule has 2 aromatic rings. The number of aryl methyl sites for hydroxylation is 2. The molecule has 3 N–H and O–H groups in total. The van der Waals surface area contributed by atoms with Gasteiger partial charge in [-0.15, -0.1) is 0 Å². The van der Waals surface area contributed by atoms with Gasteiger partial charge in [0, 0.05) is 11.4 Å². The highest BCUT2D eigenvalue weighted by molar-refractivity contribution is 5.96. The zero-order valence-corrected chi connectivity index (χ0v) is 16.0. The number of carbonyl (C=O) groups is 2. The number of amides is 3. The van der Waals surface area contributed by atoms with E-state index in [0.717, 1.165) is 36.1 Å². The van der Waals surface area contributed by atoms with Crippen LogP contribution in [-0.4, -0.2) is 18.0 Å². The standard InChI is InChI=1S/C23H25N3O2/c1-3-15-8-10-18(12-17(15)13-21-14(2)24-23(28)26-21)25-22(27)20-11-9-16-6-4-5-7-19(16)20/h4-8,10,12,20-21H,2-3,9,11,13H2,1H3,(H,25,27)(H2,24,26,28). The molecule has 2 aliphatic rings. The number of anilines is 1. The molecule has 1 heterocycles. The summed E-state index contributed by atoms with van der Waals surface area (Å²) in [5.74, 6) is -0.0519. The van der Waals surface area contributed by atoms with E-state index in [1.165, 1.54) is 11.1 Å². The Hall–Kier alpha value is -3.08. The first-order chi connectivity index (χ1) is 13.5. The van der Waals surface area contributed by atoms with Gasteiger partial charge < -0.3 is 16.0 Å². The van der Waals surface area contributed by atoms with Crippen LogP contribution < -0.4 is 16.0 Å². The van der Waals surface area contributed by atoms with Crippen LogP contribution in [0.25, 0.3) is 0 Å². The van der Waals surface area contributed by atoms with Gasteiger partial charge in [0.25, 0.3) is 0 Å². The van der Waals surface area contributed by atoms with Crippen molar-refractivity contribution in [1.29, 1.82) is 0 Å². The molecule has 0 spiro atoms. The summed E-state index contributed by atoms with van der Waals surface area (Å²) in [6.07, 6.45) is 3.34. The lowest BCUT2D eigenvalue weighted by atomic mass is 9.96. The summed E-state index contributed by atoms with van der Waals surface area (Å²) in [7, 11) is 0. The maximum Gasteiger partial charge on any atom is 0.319 e. The summed E-state index contributed by atoms with van der Waals surface area (Å²) in [6.45, 7) is 6.02. The van der Waals surface area contributed by atoms with Gasteiger partial charge in [-0.2, -0.15) is 0 Å². The Morgan fingerprint density at radius 1 is 1.21 bits per heavy atom. The van der Waals surface area contributed by atoms with Crippen molar-refractivity contribution < 1.29 is 9.59 Å². The number of hydrogen-bond acceptors (Lipinski definition) is 2. The molecule has 3 amide bonds. The van der Waals surface area contributed by atoms with Crippen LogP contribution in [0, 0.1) is 0 Å². The third-order valence-corrected chi connectivity index (χ3v) is 5.73. The predicted octanol–water partition coefficient (Wildman–Crippen LogP) is 3.66. The molecule has 0 aromatic heterocycles. The summed E-state index contributed by atoms with van der Waals surface area (Å²) in [6, 6.07) is 13.9. The molecule has 1 saturated heterocycles. The van der Waals surface area contributed by atoms with Crippen LogP contribution in [0.3, 0.4) is 0 Å². The molecule has 0 radical (unpaired) electrons. The molecule has 0 bridgehead atoms. The fourth-order valence-electron chi connectivity index (χ4n) is 4.21. The lowest BCUT2D eigenvalue weighted by molar-refractivity contribution is -0.117. The summed E-state index contributed by atoms with van der Waals surface area (Å²) in [5, 5.41) is 8.68. The molecular weight excluding hydrogens is 350 g/mol. The van der Waals surface area contributed by atoms with E-state index in [2.05, 4.69) is 47.7 Å². The normalized spacial score (nSPS) is 20.5. The molecule has 2 aromatic carbocycles. The lowest BCUT2D eigenvalue weighted by Gasteiger charge is -2.17. The smallest absolute Gasteiger partial charge is 0.319 e. The first-order valence-corrected chi connectivity index (χ1v) is 9.82. The first kappa shape index (κ1) is 18.3. The van der Waals surface area contributed by atoms with E-state index < -0.39 is 0 Å². The molecule has 1 aliphatic heterocycles. The molecule has 2 atom stereocenters. The van der Waals surface area contributed by atoms with Gasteiger partial charge in [0.2, 0.25) is 5.91 Å². The fourth-order valence-corrected chi connectivity index (χ4v) is 4.21. The SMILES string of the molecule is C=C1NC(=O)NC1Cc1cc(NC(=O)C2CCc3ccccc32)ccc1CC. The minimum atomic E-state index is -0.211. The topological polar surface area (TPSA) is 70.2 Å². The molecule has 144 valence electrons. The van der Waals surface area contributed by atoms with E-state index in [0.29, 0.717) is 12.1 Å². The summed E-state index contributed by atoms with van der Waals surface area (Å²) in [4.78, 5) is 24.4. The zero-order valence-electron chi connectivity index (χ0n) is 16.0. The van der Waals surface area contributed by atoms with Gasteiger partial charge in [-0.1, -0.05) is 43.8 Å².